The summed E-state index contributed by atoms with van der Waals surface area (Å²) in [6, 6.07) is 12.7. The number of unbranched alkanes of at least 4 members (excludes halogenated alkanes) is 1. The summed E-state index contributed by atoms with van der Waals surface area (Å²) in [6.07, 6.45) is 2.00. The Morgan fingerprint density at radius 3 is 2.67 bits per heavy atom. The molecule has 3 aromatic rings. The first-order chi connectivity index (χ1) is 13.0. The number of aromatic amines is 1. The smallest absolute Gasteiger partial charge is 0.262 e. The van der Waals surface area contributed by atoms with E-state index in [4.69, 9.17) is 12.2 Å². The van der Waals surface area contributed by atoms with Crippen molar-refractivity contribution < 1.29 is 4.79 Å². The Morgan fingerprint density at radius 2 is 1.96 bits per heavy atom. The Labute approximate surface area is 170 Å². The van der Waals surface area contributed by atoms with Crippen molar-refractivity contribution in [2.75, 3.05) is 6.54 Å². The number of hydrogen-bond donors (Lipinski definition) is 2. The maximum absolute atomic E-state index is 12.8. The van der Waals surface area contributed by atoms with Crippen molar-refractivity contribution in [3.8, 4) is 0 Å². The molecule has 2 N–H and O–H groups in total. The van der Waals surface area contributed by atoms with Gasteiger partial charge < -0.3 is 10.3 Å². The van der Waals surface area contributed by atoms with Crippen LogP contribution >= 0.6 is 28.1 Å². The number of aromatic nitrogens is 2. The summed E-state index contributed by atoms with van der Waals surface area (Å²) in [4.78, 5) is 28.0. The van der Waals surface area contributed by atoms with Crippen LogP contribution in [0.3, 0.4) is 0 Å². The molecule has 0 saturated heterocycles. The Bertz CT molecular complexity index is 1090. The van der Waals surface area contributed by atoms with E-state index >= 15 is 0 Å². The zero-order valence-corrected chi connectivity index (χ0v) is 17.3. The first-order valence-corrected chi connectivity index (χ1v) is 9.99. The van der Waals surface area contributed by atoms with E-state index in [1.165, 1.54) is 4.57 Å². The number of hydrogen-bond acceptors (Lipinski definition) is 3. The van der Waals surface area contributed by atoms with Gasteiger partial charge in [-0.3, -0.25) is 14.2 Å². The zero-order valence-electron chi connectivity index (χ0n) is 14.9. The molecule has 0 aliphatic rings. The third-order valence-corrected chi connectivity index (χ3v) is 5.13. The summed E-state index contributed by atoms with van der Waals surface area (Å²) in [5.41, 5.74) is 2.07. The number of carbonyl (C=O) groups excluding carboxylic acids is 1. The van der Waals surface area contributed by atoms with Gasteiger partial charge in [0, 0.05) is 16.6 Å². The molecule has 0 atom stereocenters. The maximum atomic E-state index is 12.8. The number of nitrogens with one attached hydrogen (secondary N) is 2. The van der Waals surface area contributed by atoms with E-state index in [0.29, 0.717) is 34.3 Å². The standard InChI is InChI=1S/C20H20BrN3O2S/c1-2-3-10-22-18(25)14-6-4-13(5-7-14)12-24-19(26)16-11-15(21)8-9-17(16)23-20(24)27/h4-9,11H,2-3,10,12H2,1H3,(H,22,25)(H,23,27). The number of rotatable bonds is 6. The molecule has 2 aromatic carbocycles. The van der Waals surface area contributed by atoms with Crippen molar-refractivity contribution in [2.45, 2.75) is 26.3 Å². The Morgan fingerprint density at radius 1 is 1.22 bits per heavy atom. The van der Waals surface area contributed by atoms with Crippen LogP contribution in [0.4, 0.5) is 0 Å². The van der Waals surface area contributed by atoms with Crippen LogP contribution < -0.4 is 10.9 Å². The van der Waals surface area contributed by atoms with Crippen LogP contribution in [0.25, 0.3) is 10.9 Å². The van der Waals surface area contributed by atoms with Gasteiger partial charge in [-0.2, -0.15) is 0 Å². The van der Waals surface area contributed by atoms with Crippen LogP contribution in [0.15, 0.2) is 51.7 Å². The van der Waals surface area contributed by atoms with Crippen molar-refractivity contribution in [2.24, 2.45) is 0 Å². The highest BCUT2D eigenvalue weighted by Crippen LogP contribution is 2.16. The molecule has 0 spiro atoms. The minimum absolute atomic E-state index is 0.0833. The van der Waals surface area contributed by atoms with Crippen LogP contribution in [-0.4, -0.2) is 22.0 Å². The highest BCUT2D eigenvalue weighted by Gasteiger charge is 2.08. The SMILES string of the molecule is CCCCNC(=O)c1ccc(Cn2c(=S)[nH]c3ccc(Br)cc3c2=O)cc1. The normalized spacial score (nSPS) is 10.9. The van der Waals surface area contributed by atoms with Crippen molar-refractivity contribution >= 4 is 45.0 Å². The van der Waals surface area contributed by atoms with E-state index in [-0.39, 0.29) is 11.5 Å². The summed E-state index contributed by atoms with van der Waals surface area (Å²) < 4.78 is 2.74. The maximum Gasteiger partial charge on any atom is 0.262 e. The molecular formula is C20H20BrN3O2S. The van der Waals surface area contributed by atoms with Gasteiger partial charge in [-0.1, -0.05) is 41.4 Å². The monoisotopic (exact) mass is 445 g/mol. The summed E-state index contributed by atoms with van der Waals surface area (Å²) in [5.74, 6) is -0.0833. The van der Waals surface area contributed by atoms with Gasteiger partial charge in [0.2, 0.25) is 0 Å². The number of H-pyrrole nitrogens is 1. The quantitative estimate of drug-likeness (QED) is 0.436. The number of amides is 1. The highest BCUT2D eigenvalue weighted by molar-refractivity contribution is 9.10. The van der Waals surface area contributed by atoms with Crippen molar-refractivity contribution in [3.05, 3.63) is 73.2 Å². The average Bonchev–Trinajstić information content (AvgIpc) is 2.66. The lowest BCUT2D eigenvalue weighted by Gasteiger charge is -2.09. The van der Waals surface area contributed by atoms with Gasteiger partial charge in [-0.15, -0.1) is 0 Å². The number of fused-ring (bicyclic) bond motifs is 1. The molecule has 0 fully saturated rings. The van der Waals surface area contributed by atoms with Crippen molar-refractivity contribution in [1.29, 1.82) is 0 Å². The van der Waals surface area contributed by atoms with Gasteiger partial charge in [0.15, 0.2) is 4.77 Å². The topological polar surface area (TPSA) is 66.9 Å². The third kappa shape index (κ3) is 4.54. The first-order valence-electron chi connectivity index (χ1n) is 8.79. The van der Waals surface area contributed by atoms with E-state index in [1.54, 1.807) is 18.2 Å². The van der Waals surface area contributed by atoms with Crippen LogP contribution in [-0.2, 0) is 6.54 Å². The molecule has 0 bridgehead atoms. The predicted octanol–water partition coefficient (Wildman–Crippen LogP) is 4.40. The first kappa shape index (κ1) is 19.5. The lowest BCUT2D eigenvalue weighted by atomic mass is 10.1. The second kappa shape index (κ2) is 8.63. The van der Waals surface area contributed by atoms with Crippen LogP contribution in [0.1, 0.15) is 35.7 Å². The average molecular weight is 446 g/mol. The van der Waals surface area contributed by atoms with E-state index in [0.717, 1.165) is 22.9 Å². The van der Waals surface area contributed by atoms with E-state index < -0.39 is 0 Å². The Hall–Kier alpha value is -2.25. The van der Waals surface area contributed by atoms with E-state index in [2.05, 4.69) is 33.2 Å². The van der Waals surface area contributed by atoms with Gasteiger partial charge in [0.1, 0.15) is 0 Å². The lowest BCUT2D eigenvalue weighted by molar-refractivity contribution is 0.0953. The molecular weight excluding hydrogens is 426 g/mol. The molecule has 0 unspecified atom stereocenters. The van der Waals surface area contributed by atoms with Gasteiger partial charge in [0.25, 0.3) is 11.5 Å². The van der Waals surface area contributed by atoms with E-state index in [9.17, 15) is 9.59 Å². The summed E-state index contributed by atoms with van der Waals surface area (Å²) >= 11 is 8.75. The molecule has 3 rings (SSSR count). The predicted molar refractivity (Wildman–Crippen MR) is 114 cm³/mol. The van der Waals surface area contributed by atoms with E-state index in [1.807, 2.05) is 24.3 Å². The van der Waals surface area contributed by atoms with Gasteiger partial charge >= 0.3 is 0 Å². The lowest BCUT2D eigenvalue weighted by Crippen LogP contribution is -2.24. The minimum atomic E-state index is -0.142. The molecule has 0 radical (unpaired) electrons. The fourth-order valence-electron chi connectivity index (χ4n) is 2.79. The van der Waals surface area contributed by atoms with Crippen molar-refractivity contribution in [1.82, 2.24) is 14.9 Å². The molecule has 140 valence electrons. The van der Waals surface area contributed by atoms with Gasteiger partial charge in [-0.25, -0.2) is 0 Å². The molecule has 0 aliphatic carbocycles. The van der Waals surface area contributed by atoms with Gasteiger partial charge in [-0.05, 0) is 54.5 Å². The number of nitrogens with zero attached hydrogens (tertiary/aromatic N) is 1. The zero-order chi connectivity index (χ0) is 19.4. The van der Waals surface area contributed by atoms with Crippen LogP contribution in [0.2, 0.25) is 0 Å². The Balaban J connectivity index is 1.84. The van der Waals surface area contributed by atoms with Crippen molar-refractivity contribution in [3.63, 3.8) is 0 Å². The summed E-state index contributed by atoms with van der Waals surface area (Å²) in [6.45, 7) is 3.10. The third-order valence-electron chi connectivity index (χ3n) is 4.32. The number of carbonyl (C=O) groups is 1. The van der Waals surface area contributed by atoms with Crippen LogP contribution in [0.5, 0.6) is 0 Å². The molecule has 5 nitrogen and oxygen atoms in total. The van der Waals surface area contributed by atoms with Gasteiger partial charge in [0.05, 0.1) is 17.4 Å². The fraction of sp³-hybridized carbons (Fsp3) is 0.250. The molecule has 1 aromatic heterocycles. The fourth-order valence-corrected chi connectivity index (χ4v) is 3.41. The number of benzene rings is 2. The largest absolute Gasteiger partial charge is 0.352 e. The molecule has 27 heavy (non-hydrogen) atoms. The summed E-state index contributed by atoms with van der Waals surface area (Å²) in [7, 11) is 0. The molecule has 0 saturated carbocycles. The molecule has 1 amide bonds. The number of halogens is 1. The summed E-state index contributed by atoms with van der Waals surface area (Å²) in [5, 5.41) is 3.47. The molecule has 1 heterocycles. The second-order valence-corrected chi connectivity index (χ2v) is 7.62. The molecule has 0 aliphatic heterocycles. The Kier molecular flexibility index (Phi) is 6.23. The second-order valence-electron chi connectivity index (χ2n) is 6.32. The molecule has 7 heteroatoms. The highest BCUT2D eigenvalue weighted by atomic mass is 79.9. The minimum Gasteiger partial charge on any atom is -0.352 e. The van der Waals surface area contributed by atoms with Crippen LogP contribution in [0, 0.1) is 4.77 Å².